The number of aryl methyl sites for hydroxylation is 1. The summed E-state index contributed by atoms with van der Waals surface area (Å²) in [5, 5.41) is 0. The lowest BCUT2D eigenvalue weighted by Crippen LogP contribution is -2.15. The Bertz CT molecular complexity index is 399. The van der Waals surface area contributed by atoms with Crippen LogP contribution in [-0.4, -0.2) is 0 Å². The molecule has 0 heterocycles. The minimum absolute atomic E-state index is 0.0328. The number of halogens is 2. The van der Waals surface area contributed by atoms with Gasteiger partial charge in [-0.1, -0.05) is 25.1 Å². The normalized spacial score (nSPS) is 12.6. The van der Waals surface area contributed by atoms with Gasteiger partial charge in [0.25, 0.3) is 0 Å². The Morgan fingerprint density at radius 3 is 2.62 bits per heavy atom. The predicted molar refractivity (Wildman–Crippen MR) is 62.1 cm³/mol. The molecule has 0 saturated carbocycles. The molecule has 1 aromatic carbocycles. The summed E-state index contributed by atoms with van der Waals surface area (Å²) in [5.74, 6) is -1.13. The molecule has 0 amide bonds. The number of benzene rings is 1. The van der Waals surface area contributed by atoms with E-state index in [1.165, 1.54) is 12.1 Å². The molecule has 16 heavy (non-hydrogen) atoms. The first-order valence-corrected chi connectivity index (χ1v) is 5.34. The Kier molecular flexibility index (Phi) is 4.19. The minimum atomic E-state index is -0.660. The second kappa shape index (κ2) is 5.21. The molecular weight excluding hydrogens is 208 g/mol. The van der Waals surface area contributed by atoms with E-state index in [1.807, 2.05) is 6.92 Å². The van der Waals surface area contributed by atoms with E-state index in [-0.39, 0.29) is 5.56 Å². The van der Waals surface area contributed by atoms with Crippen molar-refractivity contribution in [1.29, 1.82) is 0 Å². The molecular formula is C13H17F2N. The molecule has 1 nitrogen and oxygen atoms in total. The summed E-state index contributed by atoms with van der Waals surface area (Å²) < 4.78 is 27.2. The van der Waals surface area contributed by atoms with Gasteiger partial charge in [0, 0.05) is 11.6 Å². The highest BCUT2D eigenvalue weighted by Crippen LogP contribution is 2.26. The molecule has 2 N–H and O–H groups in total. The van der Waals surface area contributed by atoms with E-state index in [4.69, 9.17) is 5.73 Å². The fraction of sp³-hybridized carbons (Fsp3) is 0.385. The largest absolute Gasteiger partial charge is 0.324 e. The van der Waals surface area contributed by atoms with E-state index >= 15 is 0 Å². The highest BCUT2D eigenvalue weighted by atomic mass is 19.1. The van der Waals surface area contributed by atoms with Gasteiger partial charge in [-0.15, -0.1) is 0 Å². The monoisotopic (exact) mass is 225 g/mol. The number of hydrogen-bond donors (Lipinski definition) is 1. The third-order valence-corrected chi connectivity index (χ3v) is 2.70. The zero-order chi connectivity index (χ0) is 12.3. The molecule has 3 heteroatoms. The molecule has 1 rings (SSSR count). The maximum atomic E-state index is 13.7. The van der Waals surface area contributed by atoms with Gasteiger partial charge < -0.3 is 5.73 Å². The lowest BCUT2D eigenvalue weighted by molar-refractivity contribution is 0.518. The molecule has 0 aliphatic carbocycles. The maximum absolute atomic E-state index is 13.7. The van der Waals surface area contributed by atoms with Crippen LogP contribution >= 0.6 is 0 Å². The van der Waals surface area contributed by atoms with Crippen molar-refractivity contribution in [2.75, 3.05) is 0 Å². The second-order valence-electron chi connectivity index (χ2n) is 4.01. The minimum Gasteiger partial charge on any atom is -0.324 e. The van der Waals surface area contributed by atoms with Gasteiger partial charge in [0.05, 0.1) is 0 Å². The van der Waals surface area contributed by atoms with Crippen LogP contribution in [0.15, 0.2) is 24.3 Å². The van der Waals surface area contributed by atoms with Crippen LogP contribution in [0.5, 0.6) is 0 Å². The van der Waals surface area contributed by atoms with Gasteiger partial charge in [-0.25, -0.2) is 8.78 Å². The van der Waals surface area contributed by atoms with Crippen molar-refractivity contribution >= 4 is 0 Å². The van der Waals surface area contributed by atoms with Crippen molar-refractivity contribution in [3.63, 3.8) is 0 Å². The quantitative estimate of drug-likeness (QED) is 0.778. The summed E-state index contributed by atoms with van der Waals surface area (Å²) in [5.41, 5.74) is 7.08. The lowest BCUT2D eigenvalue weighted by atomic mass is 9.97. The molecule has 0 aliphatic heterocycles. The van der Waals surface area contributed by atoms with Crippen molar-refractivity contribution in [2.24, 2.45) is 5.73 Å². The molecule has 0 bridgehead atoms. The molecule has 0 saturated heterocycles. The van der Waals surface area contributed by atoms with Crippen LogP contribution in [0, 0.1) is 18.6 Å². The lowest BCUT2D eigenvalue weighted by Gasteiger charge is -2.15. The Morgan fingerprint density at radius 1 is 1.44 bits per heavy atom. The number of hydrogen-bond acceptors (Lipinski definition) is 1. The van der Waals surface area contributed by atoms with Gasteiger partial charge in [0.1, 0.15) is 11.6 Å². The van der Waals surface area contributed by atoms with Crippen LogP contribution in [0.3, 0.4) is 0 Å². The summed E-state index contributed by atoms with van der Waals surface area (Å²) in [7, 11) is 0. The maximum Gasteiger partial charge on any atom is 0.133 e. The van der Waals surface area contributed by atoms with Crippen molar-refractivity contribution in [3.8, 4) is 0 Å². The first kappa shape index (κ1) is 12.8. The fourth-order valence-corrected chi connectivity index (χ4v) is 1.58. The number of nitrogens with two attached hydrogens (primary N) is 1. The average Bonchev–Trinajstić information content (AvgIpc) is 2.24. The first-order chi connectivity index (χ1) is 7.47. The predicted octanol–water partition coefficient (Wildman–Crippen LogP) is 3.63. The molecule has 1 unspecified atom stereocenters. The molecule has 0 aliphatic rings. The topological polar surface area (TPSA) is 26.0 Å². The molecule has 88 valence electrons. The summed E-state index contributed by atoms with van der Waals surface area (Å²) in [6.45, 7) is 7.33. The van der Waals surface area contributed by atoms with Crippen LogP contribution in [0.1, 0.15) is 36.9 Å². The Hall–Kier alpha value is -1.22. The first-order valence-electron chi connectivity index (χ1n) is 5.34. The van der Waals surface area contributed by atoms with E-state index in [0.717, 1.165) is 12.0 Å². The van der Waals surface area contributed by atoms with E-state index in [9.17, 15) is 8.78 Å². The Morgan fingerprint density at radius 2 is 2.06 bits per heavy atom. The molecule has 1 atom stereocenters. The molecule has 0 radical (unpaired) electrons. The van der Waals surface area contributed by atoms with Gasteiger partial charge in [0.2, 0.25) is 0 Å². The van der Waals surface area contributed by atoms with E-state index in [2.05, 4.69) is 6.58 Å². The zero-order valence-electron chi connectivity index (χ0n) is 9.69. The van der Waals surface area contributed by atoms with Crippen molar-refractivity contribution < 1.29 is 8.78 Å². The second-order valence-corrected chi connectivity index (χ2v) is 4.01. The van der Waals surface area contributed by atoms with Crippen LogP contribution in [0.2, 0.25) is 0 Å². The van der Waals surface area contributed by atoms with Gasteiger partial charge in [-0.2, -0.15) is 0 Å². The van der Waals surface area contributed by atoms with Crippen LogP contribution in [-0.2, 0) is 0 Å². The average molecular weight is 225 g/mol. The Balaban J connectivity index is 3.03. The molecule has 0 aromatic heterocycles. The van der Waals surface area contributed by atoms with E-state index < -0.39 is 17.7 Å². The highest BCUT2D eigenvalue weighted by Gasteiger charge is 2.18. The Labute approximate surface area is 95.0 Å². The molecule has 1 aromatic rings. The third kappa shape index (κ3) is 2.67. The van der Waals surface area contributed by atoms with Crippen LogP contribution in [0.25, 0.3) is 0 Å². The smallest absolute Gasteiger partial charge is 0.133 e. The zero-order valence-corrected chi connectivity index (χ0v) is 9.69. The van der Waals surface area contributed by atoms with Gasteiger partial charge in [0.15, 0.2) is 0 Å². The summed E-state index contributed by atoms with van der Waals surface area (Å²) in [6.07, 6.45) is 1.18. The van der Waals surface area contributed by atoms with Crippen molar-refractivity contribution in [1.82, 2.24) is 0 Å². The summed E-state index contributed by atoms with van der Waals surface area (Å²) in [6, 6.07) is 2.00. The molecule has 0 fully saturated rings. The summed E-state index contributed by atoms with van der Waals surface area (Å²) in [4.78, 5) is 0. The molecule has 0 spiro atoms. The fourth-order valence-electron chi connectivity index (χ4n) is 1.58. The van der Waals surface area contributed by atoms with Gasteiger partial charge in [-0.05, 0) is 31.4 Å². The highest BCUT2D eigenvalue weighted by molar-refractivity contribution is 5.29. The standard InChI is InChI=1S/C13H17F2N/c1-4-8(2)7-11(16)12-10(14)6-5-9(3)13(12)15/h5-6,11H,2,4,7,16H2,1,3H3. The van der Waals surface area contributed by atoms with E-state index in [1.54, 1.807) is 6.92 Å². The number of rotatable bonds is 4. The summed E-state index contributed by atoms with van der Waals surface area (Å²) >= 11 is 0. The van der Waals surface area contributed by atoms with Crippen LogP contribution < -0.4 is 5.73 Å². The van der Waals surface area contributed by atoms with Crippen molar-refractivity contribution in [2.45, 2.75) is 32.7 Å². The van der Waals surface area contributed by atoms with Gasteiger partial charge in [-0.3, -0.25) is 0 Å². The van der Waals surface area contributed by atoms with Crippen molar-refractivity contribution in [3.05, 3.63) is 47.0 Å². The van der Waals surface area contributed by atoms with E-state index in [0.29, 0.717) is 12.0 Å². The van der Waals surface area contributed by atoms with Crippen LogP contribution in [0.4, 0.5) is 8.78 Å². The van der Waals surface area contributed by atoms with Gasteiger partial charge >= 0.3 is 0 Å². The third-order valence-electron chi connectivity index (χ3n) is 2.70. The SMILES string of the molecule is C=C(CC)CC(N)c1c(F)ccc(C)c1F.